The first-order chi connectivity index (χ1) is 8.70. The summed E-state index contributed by atoms with van der Waals surface area (Å²) >= 11 is 1.73. The minimum Gasteiger partial charge on any atom is -0.384 e. The van der Waals surface area contributed by atoms with Gasteiger partial charge in [0.05, 0.1) is 12.7 Å². The second-order valence-corrected chi connectivity index (χ2v) is 5.64. The van der Waals surface area contributed by atoms with E-state index >= 15 is 0 Å². The second-order valence-electron chi connectivity index (χ2n) is 4.64. The molecule has 1 aromatic rings. The normalized spacial score (nSPS) is 24.6. The maximum absolute atomic E-state index is 8.76. The van der Waals surface area contributed by atoms with Crippen molar-refractivity contribution in [3.63, 3.8) is 0 Å². The van der Waals surface area contributed by atoms with Crippen molar-refractivity contribution < 1.29 is 9.84 Å². The summed E-state index contributed by atoms with van der Waals surface area (Å²) in [6.45, 7) is 6.90. The molecular weight excluding hydrogens is 246 g/mol. The summed E-state index contributed by atoms with van der Waals surface area (Å²) in [6, 6.07) is 2.47. The van der Waals surface area contributed by atoms with E-state index in [4.69, 9.17) is 9.84 Å². The van der Waals surface area contributed by atoms with Crippen molar-refractivity contribution in [3.05, 3.63) is 21.9 Å². The highest BCUT2D eigenvalue weighted by molar-refractivity contribution is 7.10. The minimum atomic E-state index is -0.0831. The first-order valence-corrected chi connectivity index (χ1v) is 7.10. The largest absolute Gasteiger partial charge is 0.384 e. The fraction of sp³-hybridized carbons (Fsp3) is 0.571. The van der Waals surface area contributed by atoms with Crippen molar-refractivity contribution in [1.29, 1.82) is 0 Å². The Balaban J connectivity index is 2.06. The van der Waals surface area contributed by atoms with Gasteiger partial charge in [-0.2, -0.15) is 0 Å². The molecule has 18 heavy (non-hydrogen) atoms. The second kappa shape index (κ2) is 6.35. The zero-order valence-corrected chi connectivity index (χ0v) is 11.7. The quantitative estimate of drug-likeness (QED) is 0.826. The Kier molecular flexibility index (Phi) is 4.79. The topological polar surface area (TPSA) is 32.7 Å². The molecule has 0 radical (unpaired) electrons. The highest BCUT2D eigenvalue weighted by Gasteiger charge is 2.24. The lowest BCUT2D eigenvalue weighted by atomic mass is 10.2. The lowest BCUT2D eigenvalue weighted by Crippen LogP contribution is -2.46. The molecule has 0 aromatic carbocycles. The number of ether oxygens (including phenoxy) is 1. The van der Waals surface area contributed by atoms with Gasteiger partial charge in [-0.15, -0.1) is 11.3 Å². The van der Waals surface area contributed by atoms with Gasteiger partial charge in [-0.25, -0.2) is 0 Å². The average Bonchev–Trinajstić information content (AvgIpc) is 2.79. The third-order valence-electron chi connectivity index (χ3n) is 3.13. The van der Waals surface area contributed by atoms with Crippen molar-refractivity contribution in [2.24, 2.45) is 0 Å². The lowest BCUT2D eigenvalue weighted by Gasteiger charge is -2.36. The number of aliphatic hydroxyl groups excluding tert-OH is 1. The van der Waals surface area contributed by atoms with Gasteiger partial charge in [-0.3, -0.25) is 4.90 Å². The van der Waals surface area contributed by atoms with Crippen LogP contribution in [0.1, 0.15) is 24.3 Å². The van der Waals surface area contributed by atoms with Crippen LogP contribution in [-0.2, 0) is 11.3 Å². The first-order valence-electron chi connectivity index (χ1n) is 6.22. The standard InChI is InChI=1S/C14H19NO2S/c1-11-10-17-12(2)8-15(11)9-14-13(4-3-6-16)5-7-18-14/h5,7,11-12,16H,6,8-10H2,1-2H3. The van der Waals surface area contributed by atoms with Gasteiger partial charge in [-0.05, 0) is 25.3 Å². The minimum absolute atomic E-state index is 0.0831. The number of hydrogen-bond donors (Lipinski definition) is 1. The number of hydrogen-bond acceptors (Lipinski definition) is 4. The molecule has 3 nitrogen and oxygen atoms in total. The van der Waals surface area contributed by atoms with Crippen LogP contribution in [0.15, 0.2) is 11.4 Å². The molecule has 1 aliphatic heterocycles. The van der Waals surface area contributed by atoms with E-state index in [2.05, 4.69) is 36.0 Å². The average molecular weight is 265 g/mol. The van der Waals surface area contributed by atoms with E-state index in [9.17, 15) is 0 Å². The Hall–Kier alpha value is -0.860. The molecular formula is C14H19NO2S. The van der Waals surface area contributed by atoms with Gasteiger partial charge in [0.25, 0.3) is 0 Å². The Morgan fingerprint density at radius 3 is 3.17 bits per heavy atom. The van der Waals surface area contributed by atoms with Crippen LogP contribution in [0.3, 0.4) is 0 Å². The Labute approximate surface area is 112 Å². The van der Waals surface area contributed by atoms with Crippen molar-refractivity contribution in [1.82, 2.24) is 4.90 Å². The van der Waals surface area contributed by atoms with Gasteiger partial charge in [-0.1, -0.05) is 11.8 Å². The van der Waals surface area contributed by atoms with E-state index < -0.39 is 0 Å². The molecule has 1 N–H and O–H groups in total. The molecule has 1 aromatic heterocycles. The van der Waals surface area contributed by atoms with Crippen LogP contribution < -0.4 is 0 Å². The molecule has 2 heterocycles. The summed E-state index contributed by atoms with van der Waals surface area (Å²) in [5.41, 5.74) is 1.04. The monoisotopic (exact) mass is 265 g/mol. The molecule has 2 rings (SSSR count). The van der Waals surface area contributed by atoms with Crippen LogP contribution in [0.4, 0.5) is 0 Å². The molecule has 4 heteroatoms. The van der Waals surface area contributed by atoms with Crippen LogP contribution in [0.5, 0.6) is 0 Å². The lowest BCUT2D eigenvalue weighted by molar-refractivity contribution is -0.0523. The van der Waals surface area contributed by atoms with Gasteiger partial charge in [0, 0.05) is 29.6 Å². The summed E-state index contributed by atoms with van der Waals surface area (Å²) in [5.74, 6) is 5.73. The van der Waals surface area contributed by atoms with Gasteiger partial charge < -0.3 is 9.84 Å². The molecule has 0 saturated carbocycles. The van der Waals surface area contributed by atoms with E-state index in [1.807, 2.05) is 6.07 Å². The summed E-state index contributed by atoms with van der Waals surface area (Å²) in [7, 11) is 0. The first kappa shape index (κ1) is 13.6. The van der Waals surface area contributed by atoms with Crippen molar-refractivity contribution in [2.75, 3.05) is 19.8 Å². The predicted molar refractivity (Wildman–Crippen MR) is 73.6 cm³/mol. The Morgan fingerprint density at radius 1 is 1.56 bits per heavy atom. The summed E-state index contributed by atoms with van der Waals surface area (Å²) in [6.07, 6.45) is 0.299. The molecule has 0 amide bonds. The fourth-order valence-corrected chi connectivity index (χ4v) is 2.94. The van der Waals surface area contributed by atoms with E-state index in [0.717, 1.165) is 25.3 Å². The highest BCUT2D eigenvalue weighted by atomic mass is 32.1. The smallest absolute Gasteiger partial charge is 0.104 e. The van der Waals surface area contributed by atoms with Gasteiger partial charge in [0.2, 0.25) is 0 Å². The molecule has 2 atom stereocenters. The number of morpholine rings is 1. The van der Waals surface area contributed by atoms with Crippen LogP contribution >= 0.6 is 11.3 Å². The molecule has 1 fully saturated rings. The summed E-state index contributed by atoms with van der Waals surface area (Å²) in [5, 5.41) is 10.8. The molecule has 1 saturated heterocycles. The predicted octanol–water partition coefficient (Wildman–Crippen LogP) is 1.70. The van der Waals surface area contributed by atoms with E-state index in [1.54, 1.807) is 11.3 Å². The molecule has 1 aliphatic rings. The third kappa shape index (κ3) is 3.33. The molecule has 98 valence electrons. The maximum Gasteiger partial charge on any atom is 0.104 e. The third-order valence-corrected chi connectivity index (χ3v) is 4.04. The van der Waals surface area contributed by atoms with Gasteiger partial charge in [0.1, 0.15) is 6.61 Å². The summed E-state index contributed by atoms with van der Waals surface area (Å²) < 4.78 is 5.64. The van der Waals surface area contributed by atoms with E-state index in [1.165, 1.54) is 4.88 Å². The van der Waals surface area contributed by atoms with Crippen LogP contribution in [0.2, 0.25) is 0 Å². The van der Waals surface area contributed by atoms with Crippen molar-refractivity contribution in [3.8, 4) is 11.8 Å². The number of rotatable bonds is 2. The number of aliphatic hydroxyl groups is 1. The molecule has 2 unspecified atom stereocenters. The van der Waals surface area contributed by atoms with Gasteiger partial charge >= 0.3 is 0 Å². The zero-order valence-electron chi connectivity index (χ0n) is 10.8. The van der Waals surface area contributed by atoms with Crippen LogP contribution in [0.25, 0.3) is 0 Å². The van der Waals surface area contributed by atoms with Crippen molar-refractivity contribution >= 4 is 11.3 Å². The van der Waals surface area contributed by atoms with Crippen LogP contribution in [0, 0.1) is 11.8 Å². The fourth-order valence-electron chi connectivity index (χ4n) is 2.09. The number of thiophene rings is 1. The maximum atomic E-state index is 8.76. The molecule has 0 bridgehead atoms. The van der Waals surface area contributed by atoms with Gasteiger partial charge in [0.15, 0.2) is 0 Å². The highest BCUT2D eigenvalue weighted by Crippen LogP contribution is 2.21. The Morgan fingerprint density at radius 2 is 2.39 bits per heavy atom. The Bertz CT molecular complexity index is 446. The zero-order chi connectivity index (χ0) is 13.0. The van der Waals surface area contributed by atoms with E-state index in [-0.39, 0.29) is 6.61 Å². The molecule has 0 aliphatic carbocycles. The van der Waals surface area contributed by atoms with Crippen molar-refractivity contribution in [2.45, 2.75) is 32.5 Å². The molecule has 0 spiro atoms. The summed E-state index contributed by atoms with van der Waals surface area (Å²) in [4.78, 5) is 3.71. The SMILES string of the molecule is CC1CN(Cc2sccc2C#CCO)C(C)CO1. The van der Waals surface area contributed by atoms with E-state index in [0.29, 0.717) is 12.1 Å². The number of nitrogens with zero attached hydrogens (tertiary/aromatic N) is 1. The van der Waals surface area contributed by atoms with Crippen LogP contribution in [-0.4, -0.2) is 41.9 Å².